The summed E-state index contributed by atoms with van der Waals surface area (Å²) in [6, 6.07) is 3.73. The van der Waals surface area contributed by atoms with E-state index in [1.54, 1.807) is 19.1 Å². The SMILES string of the molecule is Cc1c(N=C2O[C@H](C(F)(F)F)[C@@H]3C(O[Si](C)(C)C(C)(C)C)=CCN23)ccc(C#N)c1Cl. The van der Waals surface area contributed by atoms with E-state index in [0.717, 1.165) is 0 Å². The molecule has 0 saturated carbocycles. The predicted molar refractivity (Wildman–Crippen MR) is 116 cm³/mol. The van der Waals surface area contributed by atoms with Crippen molar-refractivity contribution in [2.45, 2.75) is 64.1 Å². The Morgan fingerprint density at radius 2 is 1.94 bits per heavy atom. The third-order valence-electron chi connectivity index (χ3n) is 6.08. The number of aliphatic imine (C=N–C) groups is 1. The van der Waals surface area contributed by atoms with Crippen LogP contribution in [0.5, 0.6) is 0 Å². The fourth-order valence-electron chi connectivity index (χ4n) is 3.20. The minimum atomic E-state index is -4.60. The second-order valence-electron chi connectivity index (χ2n) is 9.22. The van der Waals surface area contributed by atoms with Crippen LogP contribution in [-0.2, 0) is 9.16 Å². The molecule has 0 N–H and O–H groups in total. The fourth-order valence-corrected chi connectivity index (χ4v) is 4.50. The number of nitriles is 1. The maximum absolute atomic E-state index is 13.9. The van der Waals surface area contributed by atoms with Crippen molar-refractivity contribution in [2.24, 2.45) is 4.99 Å². The maximum atomic E-state index is 13.9. The number of amidine groups is 1. The third-order valence-corrected chi connectivity index (χ3v) is 10.9. The minimum absolute atomic E-state index is 0.138. The van der Waals surface area contributed by atoms with Crippen LogP contribution >= 0.6 is 11.6 Å². The first-order valence-corrected chi connectivity index (χ1v) is 13.1. The number of halogens is 4. The first kappa shape index (κ1) is 23.5. The topological polar surface area (TPSA) is 57.9 Å². The van der Waals surface area contributed by atoms with Gasteiger partial charge in [0, 0.05) is 6.54 Å². The monoisotopic (exact) mass is 471 g/mol. The van der Waals surface area contributed by atoms with Crippen LogP contribution in [0.15, 0.2) is 29.0 Å². The lowest BCUT2D eigenvalue weighted by atomic mass is 10.1. The molecule has 0 aromatic heterocycles. The summed E-state index contributed by atoms with van der Waals surface area (Å²) in [6.07, 6.45) is -5.00. The van der Waals surface area contributed by atoms with E-state index >= 15 is 0 Å². The van der Waals surface area contributed by atoms with Crippen LogP contribution in [0, 0.1) is 18.3 Å². The Hall–Kier alpha value is -2.18. The second kappa shape index (κ2) is 7.75. The van der Waals surface area contributed by atoms with E-state index in [9.17, 15) is 13.2 Å². The first-order chi connectivity index (χ1) is 14.2. The quantitative estimate of drug-likeness (QED) is 0.503. The van der Waals surface area contributed by atoms with Crippen molar-refractivity contribution in [1.82, 2.24) is 4.90 Å². The fraction of sp³-hybridized carbons (Fsp3) is 0.524. The van der Waals surface area contributed by atoms with Gasteiger partial charge < -0.3 is 14.1 Å². The molecule has 2 atom stereocenters. The summed E-state index contributed by atoms with van der Waals surface area (Å²) in [6.45, 7) is 11.9. The van der Waals surface area contributed by atoms with Gasteiger partial charge in [-0.05, 0) is 48.8 Å². The molecule has 2 heterocycles. The van der Waals surface area contributed by atoms with Gasteiger partial charge in [0.15, 0.2) is 0 Å². The summed E-state index contributed by atoms with van der Waals surface area (Å²) in [4.78, 5) is 5.79. The number of benzene rings is 1. The highest BCUT2D eigenvalue weighted by Gasteiger charge is 2.59. The Morgan fingerprint density at radius 1 is 1.29 bits per heavy atom. The molecule has 0 aliphatic carbocycles. The van der Waals surface area contributed by atoms with Crippen LogP contribution in [0.3, 0.4) is 0 Å². The maximum Gasteiger partial charge on any atom is 0.428 e. The van der Waals surface area contributed by atoms with E-state index in [-0.39, 0.29) is 33.9 Å². The van der Waals surface area contributed by atoms with Gasteiger partial charge in [0.2, 0.25) is 14.4 Å². The number of hydrogen-bond acceptors (Lipinski definition) is 4. The van der Waals surface area contributed by atoms with Gasteiger partial charge in [-0.25, -0.2) is 0 Å². The number of alkyl halides is 3. The highest BCUT2D eigenvalue weighted by molar-refractivity contribution is 6.74. The van der Waals surface area contributed by atoms with Gasteiger partial charge in [-0.3, -0.25) is 0 Å². The molecule has 2 aliphatic rings. The molecule has 2 aliphatic heterocycles. The molecule has 1 aromatic rings. The van der Waals surface area contributed by atoms with Gasteiger partial charge in [0.05, 0.1) is 16.3 Å². The van der Waals surface area contributed by atoms with Crippen LogP contribution < -0.4 is 0 Å². The van der Waals surface area contributed by atoms with E-state index in [2.05, 4.69) is 4.99 Å². The molecular weight excluding hydrogens is 447 g/mol. The summed E-state index contributed by atoms with van der Waals surface area (Å²) in [5, 5.41) is 9.15. The predicted octanol–water partition coefficient (Wildman–Crippen LogP) is 6.06. The average Bonchev–Trinajstić information content (AvgIpc) is 3.19. The second-order valence-corrected chi connectivity index (χ2v) is 14.3. The zero-order valence-corrected chi connectivity index (χ0v) is 20.0. The number of ether oxygens (including phenoxy) is 1. The zero-order chi connectivity index (χ0) is 23.4. The van der Waals surface area contributed by atoms with E-state index in [4.69, 9.17) is 26.0 Å². The molecule has 0 bridgehead atoms. The van der Waals surface area contributed by atoms with Gasteiger partial charge in [0.25, 0.3) is 6.02 Å². The highest BCUT2D eigenvalue weighted by atomic mass is 35.5. The molecule has 0 spiro atoms. The Labute approximate surface area is 186 Å². The molecule has 0 unspecified atom stereocenters. The third kappa shape index (κ3) is 4.28. The van der Waals surface area contributed by atoms with E-state index in [1.165, 1.54) is 11.0 Å². The Kier molecular flexibility index (Phi) is 5.87. The van der Waals surface area contributed by atoms with Crippen molar-refractivity contribution in [3.63, 3.8) is 0 Å². The summed E-state index contributed by atoms with van der Waals surface area (Å²) in [5.41, 5.74) is 1.11. The smallest absolute Gasteiger partial charge is 0.428 e. The van der Waals surface area contributed by atoms with Gasteiger partial charge >= 0.3 is 6.18 Å². The molecule has 3 rings (SSSR count). The highest BCUT2D eigenvalue weighted by Crippen LogP contribution is 2.44. The van der Waals surface area contributed by atoms with Crippen LogP contribution in [0.2, 0.25) is 23.2 Å². The van der Waals surface area contributed by atoms with Gasteiger partial charge in [0.1, 0.15) is 17.9 Å². The first-order valence-electron chi connectivity index (χ1n) is 9.84. The normalized spacial score (nSPS) is 22.8. The van der Waals surface area contributed by atoms with E-state index < -0.39 is 26.6 Å². The van der Waals surface area contributed by atoms with Crippen LogP contribution in [-0.4, -0.2) is 44.1 Å². The molecule has 0 radical (unpaired) electrons. The molecular formula is C21H25ClF3N3O2Si. The van der Waals surface area contributed by atoms with Crippen molar-refractivity contribution in [3.8, 4) is 6.07 Å². The zero-order valence-electron chi connectivity index (χ0n) is 18.3. The Bertz CT molecular complexity index is 993. The Morgan fingerprint density at radius 3 is 2.48 bits per heavy atom. The lowest BCUT2D eigenvalue weighted by Gasteiger charge is -2.38. The van der Waals surface area contributed by atoms with Crippen molar-refractivity contribution in [3.05, 3.63) is 40.1 Å². The summed E-state index contributed by atoms with van der Waals surface area (Å²) < 4.78 is 53.1. The van der Waals surface area contributed by atoms with Crippen molar-refractivity contribution < 1.29 is 22.3 Å². The standard InChI is InChI=1S/C21H25ClF3N3O2Si/c1-12-14(8-7-13(11-26)16(12)22)27-19-28-10-9-15(30-31(5,6)20(2,3)4)17(28)18(29-19)21(23,24)25/h7-9,17-18H,10H2,1-6H3/t17-,18-/m0/s1. The number of nitrogens with zero attached hydrogens (tertiary/aromatic N) is 3. The molecule has 1 aromatic carbocycles. The van der Waals surface area contributed by atoms with Crippen LogP contribution in [0.1, 0.15) is 31.9 Å². The number of rotatable bonds is 3. The van der Waals surface area contributed by atoms with Crippen molar-refractivity contribution in [1.29, 1.82) is 5.26 Å². The van der Waals surface area contributed by atoms with Gasteiger partial charge in [-0.1, -0.05) is 32.4 Å². The molecule has 168 valence electrons. The van der Waals surface area contributed by atoms with E-state index in [1.807, 2.05) is 39.9 Å². The number of hydrogen-bond donors (Lipinski definition) is 0. The summed E-state index contributed by atoms with van der Waals surface area (Å²) >= 11 is 6.18. The molecule has 1 saturated heterocycles. The lowest BCUT2D eigenvalue weighted by Crippen LogP contribution is -2.46. The summed E-state index contributed by atoms with van der Waals surface area (Å²) in [7, 11) is -2.35. The Balaban J connectivity index is 1.98. The van der Waals surface area contributed by atoms with Crippen molar-refractivity contribution in [2.75, 3.05) is 6.54 Å². The largest absolute Gasteiger partial charge is 0.545 e. The average molecular weight is 472 g/mol. The van der Waals surface area contributed by atoms with Gasteiger partial charge in [-0.2, -0.15) is 23.4 Å². The van der Waals surface area contributed by atoms with E-state index in [0.29, 0.717) is 11.3 Å². The molecule has 10 heteroatoms. The molecule has 5 nitrogen and oxygen atoms in total. The van der Waals surface area contributed by atoms with Crippen LogP contribution in [0.25, 0.3) is 0 Å². The lowest BCUT2D eigenvalue weighted by molar-refractivity contribution is -0.197. The minimum Gasteiger partial charge on any atom is -0.545 e. The molecule has 1 fully saturated rings. The summed E-state index contributed by atoms with van der Waals surface area (Å²) in [5.74, 6) is 0.286. The molecule has 31 heavy (non-hydrogen) atoms. The van der Waals surface area contributed by atoms with Crippen molar-refractivity contribution >= 4 is 31.6 Å². The van der Waals surface area contributed by atoms with Gasteiger partial charge in [-0.15, -0.1) is 0 Å². The molecule has 0 amide bonds. The number of fused-ring (bicyclic) bond motifs is 1. The van der Waals surface area contributed by atoms with Crippen LogP contribution in [0.4, 0.5) is 18.9 Å².